The molecule has 5 aliphatic rings. The second kappa shape index (κ2) is 13.5. The molecule has 60 heavy (non-hydrogen) atoms. The van der Waals surface area contributed by atoms with E-state index in [4.69, 9.17) is 4.98 Å². The van der Waals surface area contributed by atoms with Gasteiger partial charge in [0.15, 0.2) is 0 Å². The van der Waals surface area contributed by atoms with E-state index in [-0.39, 0.29) is 22.7 Å². The molecule has 0 fully saturated rings. The third kappa shape index (κ3) is 5.08. The summed E-state index contributed by atoms with van der Waals surface area (Å²) in [4.78, 5) is 5.33. The van der Waals surface area contributed by atoms with Crippen LogP contribution in [-0.4, -0.2) is 4.98 Å². The zero-order valence-corrected chi connectivity index (χ0v) is 34.3. The third-order valence-corrected chi connectivity index (χ3v) is 14.6. The molecule has 1 heteroatoms. The molecule has 0 saturated carbocycles. The highest BCUT2D eigenvalue weighted by Crippen LogP contribution is 2.67. The summed E-state index contributed by atoms with van der Waals surface area (Å²) in [5, 5.41) is 2.74. The summed E-state index contributed by atoms with van der Waals surface area (Å²) >= 11 is 0. The molecule has 2 unspecified atom stereocenters. The first-order valence-corrected chi connectivity index (χ1v) is 21.9. The number of aromatic nitrogens is 1. The lowest BCUT2D eigenvalue weighted by Gasteiger charge is -2.50. The van der Waals surface area contributed by atoms with Crippen LogP contribution in [0.15, 0.2) is 193 Å². The van der Waals surface area contributed by atoms with Gasteiger partial charge < -0.3 is 0 Å². The first-order valence-electron chi connectivity index (χ1n) is 21.9. The summed E-state index contributed by atoms with van der Waals surface area (Å²) < 4.78 is 0. The molecule has 288 valence electrons. The van der Waals surface area contributed by atoms with Crippen LogP contribution in [0.25, 0.3) is 56.1 Å². The Balaban J connectivity index is 1.16. The van der Waals surface area contributed by atoms with Gasteiger partial charge in [-0.3, -0.25) is 0 Å². The van der Waals surface area contributed by atoms with Crippen LogP contribution in [0.2, 0.25) is 0 Å². The standard InChI is InChI=1S/C59H47N/c1-58(2)50-27-13-15-29-52(50)59(53-30-16-14-28-51(53)58)49-33-32-41(47-34-40-22-9-10-23-43(40)45-24-11-12-25-46(45)47)35-48(49)57-44(26-17-31-54(57)59)42-36-55(38-18-5-3-6-19-38)60-56(37-42)39-20-7-4-8-21-39/h3-9,11-13,15-22,24-27,29-37,48-49H,10,14,23,28H2,1-2H3/t48?,49-,59?/m1/s1. The molecule has 0 radical (unpaired) electrons. The summed E-state index contributed by atoms with van der Waals surface area (Å²) in [7, 11) is 0. The van der Waals surface area contributed by atoms with Crippen molar-refractivity contribution in [2.24, 2.45) is 5.92 Å². The van der Waals surface area contributed by atoms with Crippen molar-refractivity contribution in [1.82, 2.24) is 4.98 Å². The fourth-order valence-corrected chi connectivity index (χ4v) is 12.0. The molecule has 3 atom stereocenters. The van der Waals surface area contributed by atoms with E-state index in [9.17, 15) is 0 Å². The van der Waals surface area contributed by atoms with Crippen LogP contribution < -0.4 is 0 Å². The number of pyridine rings is 1. The second-order valence-corrected chi connectivity index (χ2v) is 17.9. The van der Waals surface area contributed by atoms with Gasteiger partial charge in [0.1, 0.15) is 0 Å². The summed E-state index contributed by atoms with van der Waals surface area (Å²) in [6, 6.07) is 54.3. The molecule has 0 N–H and O–H groups in total. The third-order valence-electron chi connectivity index (χ3n) is 14.6. The minimum Gasteiger partial charge on any atom is -0.248 e. The lowest BCUT2D eigenvalue weighted by atomic mass is 9.52. The molecule has 1 aromatic heterocycles. The Morgan fingerprint density at radius 2 is 1.20 bits per heavy atom. The number of hydrogen-bond donors (Lipinski definition) is 0. The van der Waals surface area contributed by atoms with Crippen molar-refractivity contribution >= 4 is 22.4 Å². The number of aryl methyl sites for hydroxylation is 1. The fraction of sp³-hybridized carbons (Fsp3) is 0.169. The SMILES string of the molecule is CC1(C)C2=C(C=CCC2)C2(c3ccccc31)c1cccc(-c3cc(-c4ccccc4)nc(-c4ccccc4)c3)c1C1C=C(c3cc4c(c5ccccc35)CCC=C4)C=C[C@H]12. The van der Waals surface area contributed by atoms with Gasteiger partial charge in [0.25, 0.3) is 0 Å². The highest BCUT2D eigenvalue weighted by molar-refractivity contribution is 6.01. The first-order chi connectivity index (χ1) is 29.5. The average molecular weight is 770 g/mol. The van der Waals surface area contributed by atoms with Gasteiger partial charge in [-0.25, -0.2) is 4.98 Å². The van der Waals surface area contributed by atoms with Gasteiger partial charge in [0, 0.05) is 28.4 Å². The van der Waals surface area contributed by atoms with E-state index in [0.717, 1.165) is 48.2 Å². The molecular weight excluding hydrogens is 723 g/mol. The van der Waals surface area contributed by atoms with Gasteiger partial charge in [-0.15, -0.1) is 0 Å². The number of nitrogens with zero attached hydrogens (tertiary/aromatic N) is 1. The highest BCUT2D eigenvalue weighted by atomic mass is 14.7. The van der Waals surface area contributed by atoms with E-state index in [1.54, 1.807) is 5.57 Å². The monoisotopic (exact) mass is 769 g/mol. The molecule has 12 rings (SSSR count). The summed E-state index contributed by atoms with van der Waals surface area (Å²) in [5.41, 5.74) is 20.7. The predicted molar refractivity (Wildman–Crippen MR) is 251 cm³/mol. The van der Waals surface area contributed by atoms with Gasteiger partial charge in [0.2, 0.25) is 0 Å². The van der Waals surface area contributed by atoms with Crippen LogP contribution in [-0.2, 0) is 17.3 Å². The molecule has 7 aromatic rings. The lowest BCUT2D eigenvalue weighted by molar-refractivity contribution is 0.410. The molecule has 0 amide bonds. The van der Waals surface area contributed by atoms with Gasteiger partial charge in [-0.2, -0.15) is 0 Å². The van der Waals surface area contributed by atoms with E-state index in [1.165, 1.54) is 72.0 Å². The van der Waals surface area contributed by atoms with Crippen molar-refractivity contribution in [2.75, 3.05) is 0 Å². The quantitative estimate of drug-likeness (QED) is 0.174. The van der Waals surface area contributed by atoms with Crippen molar-refractivity contribution in [2.45, 2.75) is 56.3 Å². The highest BCUT2D eigenvalue weighted by Gasteiger charge is 2.59. The maximum absolute atomic E-state index is 5.33. The Labute approximate surface area is 353 Å². The van der Waals surface area contributed by atoms with Gasteiger partial charge in [-0.05, 0) is 116 Å². The molecule has 5 aliphatic carbocycles. The molecule has 0 saturated heterocycles. The number of hydrogen-bond acceptors (Lipinski definition) is 1. The van der Waals surface area contributed by atoms with Crippen molar-refractivity contribution in [3.05, 3.63) is 232 Å². The Kier molecular flexibility index (Phi) is 7.95. The van der Waals surface area contributed by atoms with Crippen LogP contribution in [0.1, 0.15) is 78.0 Å². The van der Waals surface area contributed by atoms with Crippen LogP contribution in [0.4, 0.5) is 0 Å². The Bertz CT molecular complexity index is 3000. The number of benzene rings is 6. The van der Waals surface area contributed by atoms with Gasteiger partial charge in [0.05, 0.1) is 16.8 Å². The van der Waals surface area contributed by atoms with Crippen LogP contribution in [0.3, 0.4) is 0 Å². The summed E-state index contributed by atoms with van der Waals surface area (Å²) in [5.74, 6) is 0.323. The number of fused-ring (bicyclic) bond motifs is 11. The molecule has 1 spiro atoms. The molecule has 1 nitrogen and oxygen atoms in total. The summed E-state index contributed by atoms with van der Waals surface area (Å²) in [6.45, 7) is 4.93. The Morgan fingerprint density at radius 1 is 0.550 bits per heavy atom. The molecule has 1 heterocycles. The Morgan fingerprint density at radius 3 is 1.97 bits per heavy atom. The van der Waals surface area contributed by atoms with E-state index in [0.29, 0.717) is 0 Å². The van der Waals surface area contributed by atoms with Crippen molar-refractivity contribution in [3.63, 3.8) is 0 Å². The minimum absolute atomic E-state index is 0.0625. The minimum atomic E-state index is -0.342. The maximum Gasteiger partial charge on any atom is 0.0715 e. The van der Waals surface area contributed by atoms with Gasteiger partial charge >= 0.3 is 0 Å². The van der Waals surface area contributed by atoms with E-state index < -0.39 is 0 Å². The zero-order chi connectivity index (χ0) is 40.0. The topological polar surface area (TPSA) is 12.9 Å². The van der Waals surface area contributed by atoms with Crippen molar-refractivity contribution in [3.8, 4) is 33.6 Å². The largest absolute Gasteiger partial charge is 0.248 e. The fourth-order valence-electron chi connectivity index (χ4n) is 12.0. The number of rotatable bonds is 4. The zero-order valence-electron chi connectivity index (χ0n) is 34.3. The molecule has 0 bridgehead atoms. The normalized spacial score (nSPS) is 21.6. The average Bonchev–Trinajstić information content (AvgIpc) is 3.61. The van der Waals surface area contributed by atoms with E-state index in [1.807, 2.05) is 0 Å². The van der Waals surface area contributed by atoms with E-state index >= 15 is 0 Å². The summed E-state index contributed by atoms with van der Waals surface area (Å²) in [6.07, 6.45) is 21.8. The second-order valence-electron chi connectivity index (χ2n) is 17.9. The van der Waals surface area contributed by atoms with Crippen molar-refractivity contribution in [1.29, 1.82) is 0 Å². The smallest absolute Gasteiger partial charge is 0.0715 e. The van der Waals surface area contributed by atoms with Crippen LogP contribution in [0.5, 0.6) is 0 Å². The van der Waals surface area contributed by atoms with Crippen LogP contribution in [0, 0.1) is 5.92 Å². The van der Waals surface area contributed by atoms with Gasteiger partial charge in [-0.1, -0.05) is 189 Å². The van der Waals surface area contributed by atoms with Crippen LogP contribution >= 0.6 is 0 Å². The van der Waals surface area contributed by atoms with Crippen molar-refractivity contribution < 1.29 is 0 Å². The maximum atomic E-state index is 5.33. The molecule has 0 aliphatic heterocycles. The Hall–Kier alpha value is -6.57. The molecule has 6 aromatic carbocycles. The van der Waals surface area contributed by atoms with E-state index in [2.05, 4.69) is 202 Å². The predicted octanol–water partition coefficient (Wildman–Crippen LogP) is 14.8. The molecular formula is C59H47N. The lowest BCUT2D eigenvalue weighted by Crippen LogP contribution is -2.44. The first kappa shape index (κ1) is 35.4. The number of allylic oxidation sites excluding steroid dienone is 9.